The van der Waals surface area contributed by atoms with Crippen molar-refractivity contribution in [1.29, 1.82) is 0 Å². The largest absolute Gasteiger partial charge is 0.486 e. The van der Waals surface area contributed by atoms with Crippen molar-refractivity contribution in [3.63, 3.8) is 0 Å². The minimum Gasteiger partial charge on any atom is -0.486 e. The quantitative estimate of drug-likeness (QED) is 0.635. The molecule has 1 saturated heterocycles. The molecule has 1 aromatic carbocycles. The second-order valence-electron chi connectivity index (χ2n) is 8.20. The number of piperidine rings is 1. The number of aromatic nitrogens is 2. The van der Waals surface area contributed by atoms with Crippen LogP contribution in [0.4, 0.5) is 0 Å². The van der Waals surface area contributed by atoms with Gasteiger partial charge in [-0.2, -0.15) is 0 Å². The number of primary amides is 1. The number of ether oxygens (including phenoxy) is 1. The van der Waals surface area contributed by atoms with Gasteiger partial charge in [-0.3, -0.25) is 9.59 Å². The Balaban J connectivity index is 1.45. The SMILES string of the molecule is Cc1cccn2cc(COc3ccccc3C(=O)N3CCCC(CCC(N)=O)C3)nc12. The van der Waals surface area contributed by atoms with Crippen LogP contribution in [0.3, 0.4) is 0 Å². The lowest BCUT2D eigenvalue weighted by Crippen LogP contribution is -2.40. The number of fused-ring (bicyclic) bond motifs is 1. The van der Waals surface area contributed by atoms with Crippen LogP contribution in [0.2, 0.25) is 0 Å². The first-order valence-electron chi connectivity index (χ1n) is 10.7. The summed E-state index contributed by atoms with van der Waals surface area (Å²) in [6.07, 6.45) is 6.94. The van der Waals surface area contributed by atoms with Crippen LogP contribution in [0, 0.1) is 12.8 Å². The summed E-state index contributed by atoms with van der Waals surface area (Å²) in [6, 6.07) is 11.4. The second-order valence-corrected chi connectivity index (χ2v) is 8.20. The molecule has 7 heteroatoms. The third-order valence-corrected chi connectivity index (χ3v) is 5.83. The highest BCUT2D eigenvalue weighted by Gasteiger charge is 2.26. The smallest absolute Gasteiger partial charge is 0.257 e. The van der Waals surface area contributed by atoms with Gasteiger partial charge in [-0.15, -0.1) is 0 Å². The number of benzene rings is 1. The zero-order valence-corrected chi connectivity index (χ0v) is 17.8. The number of nitrogens with two attached hydrogens (primary N) is 1. The topological polar surface area (TPSA) is 89.9 Å². The van der Waals surface area contributed by atoms with E-state index in [1.54, 1.807) is 6.07 Å². The van der Waals surface area contributed by atoms with Gasteiger partial charge in [0.05, 0.1) is 11.3 Å². The minimum absolute atomic E-state index is 0.0368. The van der Waals surface area contributed by atoms with Gasteiger partial charge in [-0.25, -0.2) is 4.98 Å². The molecule has 0 spiro atoms. The molecule has 1 unspecified atom stereocenters. The molecule has 31 heavy (non-hydrogen) atoms. The standard InChI is InChI=1S/C24H28N4O3/c1-17-6-4-12-27-15-19(26-23(17)27)16-31-21-9-3-2-8-20(21)24(30)28-13-5-7-18(14-28)10-11-22(25)29/h2-4,6,8-9,12,15,18H,5,7,10-11,13-14,16H2,1H3,(H2,25,29). The third-order valence-electron chi connectivity index (χ3n) is 5.83. The first kappa shape index (κ1) is 20.9. The van der Waals surface area contributed by atoms with Crippen molar-refractivity contribution in [3.8, 4) is 5.75 Å². The van der Waals surface area contributed by atoms with E-state index in [2.05, 4.69) is 4.98 Å². The predicted molar refractivity (Wildman–Crippen MR) is 118 cm³/mol. The number of aryl methyl sites for hydroxylation is 1. The Labute approximate surface area is 181 Å². The first-order valence-corrected chi connectivity index (χ1v) is 10.7. The molecule has 1 atom stereocenters. The molecule has 0 radical (unpaired) electrons. The molecule has 0 bridgehead atoms. The van der Waals surface area contributed by atoms with Crippen molar-refractivity contribution in [3.05, 3.63) is 65.6 Å². The Morgan fingerprint density at radius 2 is 2.06 bits per heavy atom. The van der Waals surface area contributed by atoms with Crippen LogP contribution in [0.15, 0.2) is 48.8 Å². The highest BCUT2D eigenvalue weighted by atomic mass is 16.5. The van der Waals surface area contributed by atoms with E-state index in [4.69, 9.17) is 10.5 Å². The highest BCUT2D eigenvalue weighted by Crippen LogP contribution is 2.26. The monoisotopic (exact) mass is 420 g/mol. The average molecular weight is 421 g/mol. The lowest BCUT2D eigenvalue weighted by molar-refractivity contribution is -0.118. The average Bonchev–Trinajstić information content (AvgIpc) is 3.21. The van der Waals surface area contributed by atoms with Crippen molar-refractivity contribution in [1.82, 2.24) is 14.3 Å². The molecular formula is C24H28N4O3. The van der Waals surface area contributed by atoms with Crippen molar-refractivity contribution < 1.29 is 14.3 Å². The number of pyridine rings is 1. The lowest BCUT2D eigenvalue weighted by Gasteiger charge is -2.33. The Morgan fingerprint density at radius 3 is 2.87 bits per heavy atom. The van der Waals surface area contributed by atoms with E-state index in [-0.39, 0.29) is 18.4 Å². The number of nitrogens with zero attached hydrogens (tertiary/aromatic N) is 3. The second kappa shape index (κ2) is 9.20. The molecule has 0 saturated carbocycles. The molecule has 1 fully saturated rings. The molecule has 2 N–H and O–H groups in total. The zero-order chi connectivity index (χ0) is 21.8. The Kier molecular flexibility index (Phi) is 6.21. The molecule has 2 amide bonds. The van der Waals surface area contributed by atoms with E-state index in [9.17, 15) is 9.59 Å². The number of hydrogen-bond donors (Lipinski definition) is 1. The van der Waals surface area contributed by atoms with Gasteiger partial charge in [0.2, 0.25) is 5.91 Å². The van der Waals surface area contributed by atoms with E-state index in [0.717, 1.165) is 36.2 Å². The molecule has 7 nitrogen and oxygen atoms in total. The summed E-state index contributed by atoms with van der Waals surface area (Å²) < 4.78 is 8.00. The van der Waals surface area contributed by atoms with Crippen LogP contribution in [-0.2, 0) is 11.4 Å². The molecule has 1 aliphatic heterocycles. The van der Waals surface area contributed by atoms with Gasteiger partial charge in [0.15, 0.2) is 0 Å². The summed E-state index contributed by atoms with van der Waals surface area (Å²) in [6.45, 7) is 3.67. The third kappa shape index (κ3) is 4.87. The van der Waals surface area contributed by atoms with Crippen molar-refractivity contribution in [2.24, 2.45) is 11.7 Å². The van der Waals surface area contributed by atoms with Gasteiger partial charge >= 0.3 is 0 Å². The van der Waals surface area contributed by atoms with Crippen molar-refractivity contribution >= 4 is 17.5 Å². The van der Waals surface area contributed by atoms with Crippen LogP contribution in [0.25, 0.3) is 5.65 Å². The van der Waals surface area contributed by atoms with Crippen LogP contribution in [-0.4, -0.2) is 39.2 Å². The summed E-state index contributed by atoms with van der Waals surface area (Å²) >= 11 is 0. The van der Waals surface area contributed by atoms with Gasteiger partial charge < -0.3 is 19.8 Å². The highest BCUT2D eigenvalue weighted by molar-refractivity contribution is 5.97. The van der Waals surface area contributed by atoms with Gasteiger partial charge in [-0.1, -0.05) is 18.2 Å². The predicted octanol–water partition coefficient (Wildman–Crippen LogP) is 3.34. The van der Waals surface area contributed by atoms with E-state index in [1.165, 1.54) is 0 Å². The molecule has 3 aromatic rings. The first-order chi connectivity index (χ1) is 15.0. The van der Waals surface area contributed by atoms with Gasteiger partial charge in [0, 0.05) is 31.9 Å². The van der Waals surface area contributed by atoms with Gasteiger partial charge in [-0.05, 0) is 55.9 Å². The lowest BCUT2D eigenvalue weighted by atomic mass is 9.93. The molecule has 3 heterocycles. The van der Waals surface area contributed by atoms with E-state index in [0.29, 0.717) is 36.7 Å². The summed E-state index contributed by atoms with van der Waals surface area (Å²) in [5, 5.41) is 0. The molecule has 0 aliphatic carbocycles. The fourth-order valence-corrected chi connectivity index (χ4v) is 4.20. The van der Waals surface area contributed by atoms with Crippen molar-refractivity contribution in [2.45, 2.75) is 39.2 Å². The fourth-order valence-electron chi connectivity index (χ4n) is 4.20. The summed E-state index contributed by atoms with van der Waals surface area (Å²) in [5.74, 6) is 0.537. The van der Waals surface area contributed by atoms with Crippen LogP contribution >= 0.6 is 0 Å². The number of amides is 2. The van der Waals surface area contributed by atoms with E-state index in [1.807, 2.05) is 58.9 Å². The van der Waals surface area contributed by atoms with E-state index >= 15 is 0 Å². The molecule has 2 aromatic heterocycles. The van der Waals surface area contributed by atoms with Crippen molar-refractivity contribution in [2.75, 3.05) is 13.1 Å². The minimum atomic E-state index is -0.288. The van der Waals surface area contributed by atoms with Crippen LogP contribution in [0.1, 0.15) is 47.3 Å². The fraction of sp³-hybridized carbons (Fsp3) is 0.375. The molecular weight excluding hydrogens is 392 g/mol. The normalized spacial score (nSPS) is 16.4. The maximum absolute atomic E-state index is 13.2. The van der Waals surface area contributed by atoms with Crippen LogP contribution in [0.5, 0.6) is 5.75 Å². The molecule has 1 aliphatic rings. The summed E-state index contributed by atoms with van der Waals surface area (Å²) in [7, 11) is 0. The van der Waals surface area contributed by atoms with Gasteiger partial charge in [0.25, 0.3) is 5.91 Å². The number of hydrogen-bond acceptors (Lipinski definition) is 4. The summed E-state index contributed by atoms with van der Waals surface area (Å²) in [5.41, 5.74) is 8.65. The number of para-hydroxylation sites is 1. The maximum Gasteiger partial charge on any atom is 0.257 e. The molecule has 162 valence electrons. The Hall–Kier alpha value is -3.35. The molecule has 4 rings (SSSR count). The van der Waals surface area contributed by atoms with Gasteiger partial charge in [0.1, 0.15) is 18.0 Å². The maximum atomic E-state index is 13.2. The number of imidazole rings is 1. The Morgan fingerprint density at radius 1 is 1.23 bits per heavy atom. The van der Waals surface area contributed by atoms with E-state index < -0.39 is 0 Å². The van der Waals surface area contributed by atoms with Crippen LogP contribution < -0.4 is 10.5 Å². The Bertz CT molecular complexity index is 1090. The number of likely N-dealkylation sites (tertiary alicyclic amines) is 1. The number of carbonyl (C=O) groups excluding carboxylic acids is 2. The zero-order valence-electron chi connectivity index (χ0n) is 17.8. The number of carbonyl (C=O) groups is 2. The summed E-state index contributed by atoms with van der Waals surface area (Å²) in [4.78, 5) is 30.9. The number of rotatable bonds is 7.